The number of rotatable bonds is 7. The molecule has 0 atom stereocenters. The summed E-state index contributed by atoms with van der Waals surface area (Å²) in [6.07, 6.45) is 8.30. The molecule has 2 saturated heterocycles. The van der Waals surface area contributed by atoms with Crippen LogP contribution in [-0.2, 0) is 0 Å². The van der Waals surface area contributed by atoms with E-state index in [2.05, 4.69) is 29.0 Å². The van der Waals surface area contributed by atoms with E-state index in [0.29, 0.717) is 0 Å². The molecule has 0 saturated carbocycles. The first kappa shape index (κ1) is 16.3. The van der Waals surface area contributed by atoms with Gasteiger partial charge in [0.1, 0.15) is 0 Å². The Labute approximate surface area is 126 Å². The normalized spacial score (nSPS) is 23.6. The Kier molecular flexibility index (Phi) is 7.32. The van der Waals surface area contributed by atoms with Crippen LogP contribution in [0.2, 0.25) is 0 Å². The molecule has 0 aromatic heterocycles. The van der Waals surface area contributed by atoms with Gasteiger partial charge in [-0.15, -0.1) is 0 Å². The summed E-state index contributed by atoms with van der Waals surface area (Å²) in [5, 5.41) is 3.78. The number of piperidine rings is 2. The van der Waals surface area contributed by atoms with Gasteiger partial charge in [-0.1, -0.05) is 20.3 Å². The molecule has 118 valence electrons. The van der Waals surface area contributed by atoms with Crippen LogP contribution < -0.4 is 5.32 Å². The fourth-order valence-electron chi connectivity index (χ4n) is 3.63. The van der Waals surface area contributed by atoms with E-state index in [-0.39, 0.29) is 0 Å². The summed E-state index contributed by atoms with van der Waals surface area (Å²) in [6.45, 7) is 13.7. The van der Waals surface area contributed by atoms with Gasteiger partial charge in [0, 0.05) is 12.6 Å². The molecule has 2 rings (SSSR count). The molecule has 1 N–H and O–H groups in total. The van der Waals surface area contributed by atoms with Gasteiger partial charge in [-0.25, -0.2) is 0 Å². The SMILES string of the molecule is CC(C)CN1CCC(NCCCN2CCCCC2)CC1. The Bertz CT molecular complexity index is 241. The van der Waals surface area contributed by atoms with Gasteiger partial charge < -0.3 is 15.1 Å². The van der Waals surface area contributed by atoms with Crippen molar-refractivity contribution in [3.63, 3.8) is 0 Å². The Morgan fingerprint density at radius 2 is 1.65 bits per heavy atom. The zero-order valence-corrected chi connectivity index (χ0v) is 13.7. The first-order valence-corrected chi connectivity index (χ1v) is 8.92. The molecule has 3 heteroatoms. The van der Waals surface area contributed by atoms with Gasteiger partial charge in [0.25, 0.3) is 0 Å². The van der Waals surface area contributed by atoms with E-state index in [4.69, 9.17) is 0 Å². The minimum absolute atomic E-state index is 0.778. The molecule has 0 spiro atoms. The maximum atomic E-state index is 3.78. The Balaban J connectivity index is 1.48. The third-order valence-corrected chi connectivity index (χ3v) is 4.74. The van der Waals surface area contributed by atoms with Gasteiger partial charge in [0.05, 0.1) is 0 Å². The highest BCUT2D eigenvalue weighted by molar-refractivity contribution is 4.77. The van der Waals surface area contributed by atoms with E-state index in [0.717, 1.165) is 12.0 Å². The average molecular weight is 281 g/mol. The van der Waals surface area contributed by atoms with Crippen molar-refractivity contribution in [3.05, 3.63) is 0 Å². The van der Waals surface area contributed by atoms with Gasteiger partial charge in [-0.2, -0.15) is 0 Å². The van der Waals surface area contributed by atoms with Crippen LogP contribution >= 0.6 is 0 Å². The Morgan fingerprint density at radius 3 is 2.30 bits per heavy atom. The predicted octanol–water partition coefficient (Wildman–Crippen LogP) is 2.57. The molecule has 0 radical (unpaired) electrons. The van der Waals surface area contributed by atoms with Crippen molar-refractivity contribution in [1.29, 1.82) is 0 Å². The largest absolute Gasteiger partial charge is 0.314 e. The lowest BCUT2D eigenvalue weighted by molar-refractivity contribution is 0.177. The van der Waals surface area contributed by atoms with Crippen molar-refractivity contribution in [2.45, 2.75) is 58.4 Å². The molecule has 2 heterocycles. The first-order valence-electron chi connectivity index (χ1n) is 8.92. The van der Waals surface area contributed by atoms with Gasteiger partial charge in [0.2, 0.25) is 0 Å². The summed E-state index contributed by atoms with van der Waals surface area (Å²) in [4.78, 5) is 5.28. The molecule has 0 aromatic rings. The zero-order chi connectivity index (χ0) is 14.2. The lowest BCUT2D eigenvalue weighted by Gasteiger charge is -2.33. The van der Waals surface area contributed by atoms with E-state index in [9.17, 15) is 0 Å². The van der Waals surface area contributed by atoms with E-state index in [1.165, 1.54) is 84.3 Å². The van der Waals surface area contributed by atoms with E-state index in [1.54, 1.807) is 0 Å². The second kappa shape index (κ2) is 9.01. The number of likely N-dealkylation sites (tertiary alicyclic amines) is 2. The highest BCUT2D eigenvalue weighted by Crippen LogP contribution is 2.12. The van der Waals surface area contributed by atoms with Gasteiger partial charge >= 0.3 is 0 Å². The quantitative estimate of drug-likeness (QED) is 0.724. The van der Waals surface area contributed by atoms with Crippen molar-refractivity contribution < 1.29 is 0 Å². The minimum Gasteiger partial charge on any atom is -0.314 e. The molecule has 0 bridgehead atoms. The third-order valence-electron chi connectivity index (χ3n) is 4.74. The molecule has 20 heavy (non-hydrogen) atoms. The molecule has 0 unspecified atom stereocenters. The molecule has 2 aliphatic rings. The highest BCUT2D eigenvalue weighted by Gasteiger charge is 2.19. The van der Waals surface area contributed by atoms with Crippen LogP contribution in [-0.4, -0.2) is 61.7 Å². The summed E-state index contributed by atoms with van der Waals surface area (Å²) in [5.74, 6) is 0.809. The number of nitrogens with one attached hydrogen (secondary N) is 1. The summed E-state index contributed by atoms with van der Waals surface area (Å²) >= 11 is 0. The van der Waals surface area contributed by atoms with E-state index < -0.39 is 0 Å². The maximum absolute atomic E-state index is 3.78. The van der Waals surface area contributed by atoms with Crippen LogP contribution in [0.5, 0.6) is 0 Å². The van der Waals surface area contributed by atoms with Crippen LogP contribution in [0.15, 0.2) is 0 Å². The maximum Gasteiger partial charge on any atom is 0.00914 e. The van der Waals surface area contributed by atoms with Crippen LogP contribution in [0.1, 0.15) is 52.4 Å². The molecular weight excluding hydrogens is 246 g/mol. The number of nitrogens with zero attached hydrogens (tertiary/aromatic N) is 2. The van der Waals surface area contributed by atoms with Crippen molar-refractivity contribution >= 4 is 0 Å². The van der Waals surface area contributed by atoms with E-state index >= 15 is 0 Å². The zero-order valence-electron chi connectivity index (χ0n) is 13.7. The summed E-state index contributed by atoms with van der Waals surface area (Å²) in [7, 11) is 0. The topological polar surface area (TPSA) is 18.5 Å². The Hall–Kier alpha value is -0.120. The predicted molar refractivity (Wildman–Crippen MR) is 87.2 cm³/mol. The molecule has 0 amide bonds. The number of hydrogen-bond donors (Lipinski definition) is 1. The molecule has 3 nitrogen and oxygen atoms in total. The highest BCUT2D eigenvalue weighted by atomic mass is 15.1. The van der Waals surface area contributed by atoms with Crippen molar-refractivity contribution in [1.82, 2.24) is 15.1 Å². The van der Waals surface area contributed by atoms with Crippen molar-refractivity contribution in [3.8, 4) is 0 Å². The minimum atomic E-state index is 0.778. The molecule has 0 aromatic carbocycles. The van der Waals surface area contributed by atoms with Crippen LogP contribution in [0.4, 0.5) is 0 Å². The lowest BCUT2D eigenvalue weighted by atomic mass is 10.0. The van der Waals surface area contributed by atoms with Gasteiger partial charge in [-0.05, 0) is 77.3 Å². The number of hydrogen-bond acceptors (Lipinski definition) is 3. The Morgan fingerprint density at radius 1 is 0.950 bits per heavy atom. The van der Waals surface area contributed by atoms with E-state index in [1.807, 2.05) is 0 Å². The summed E-state index contributed by atoms with van der Waals surface area (Å²) in [6, 6.07) is 0.778. The fraction of sp³-hybridized carbons (Fsp3) is 1.00. The van der Waals surface area contributed by atoms with Crippen LogP contribution in [0, 0.1) is 5.92 Å². The van der Waals surface area contributed by atoms with Crippen molar-refractivity contribution in [2.75, 3.05) is 45.8 Å². The molecular formula is C17H35N3. The third kappa shape index (κ3) is 6.11. The van der Waals surface area contributed by atoms with Gasteiger partial charge in [0.15, 0.2) is 0 Å². The van der Waals surface area contributed by atoms with Crippen LogP contribution in [0.25, 0.3) is 0 Å². The second-order valence-electron chi connectivity index (χ2n) is 7.18. The molecule has 2 aliphatic heterocycles. The summed E-state index contributed by atoms with van der Waals surface area (Å²) < 4.78 is 0. The van der Waals surface area contributed by atoms with Crippen LogP contribution in [0.3, 0.4) is 0 Å². The smallest absolute Gasteiger partial charge is 0.00914 e. The first-order chi connectivity index (χ1) is 9.74. The standard InChI is InChI=1S/C17H35N3/c1-16(2)15-20-13-7-17(8-14-20)18-9-6-12-19-10-4-3-5-11-19/h16-18H,3-15H2,1-2H3. The lowest BCUT2D eigenvalue weighted by Crippen LogP contribution is -2.44. The monoisotopic (exact) mass is 281 g/mol. The molecule has 2 fully saturated rings. The fourth-order valence-corrected chi connectivity index (χ4v) is 3.63. The average Bonchev–Trinajstić information content (AvgIpc) is 2.46. The summed E-state index contributed by atoms with van der Waals surface area (Å²) in [5.41, 5.74) is 0. The van der Waals surface area contributed by atoms with Gasteiger partial charge in [-0.3, -0.25) is 0 Å². The second-order valence-corrected chi connectivity index (χ2v) is 7.18. The molecule has 0 aliphatic carbocycles. The van der Waals surface area contributed by atoms with Crippen molar-refractivity contribution in [2.24, 2.45) is 5.92 Å².